The zero-order valence-electron chi connectivity index (χ0n) is 29.3. The summed E-state index contributed by atoms with van der Waals surface area (Å²) < 4.78 is 41.3. The highest BCUT2D eigenvalue weighted by atomic mass is 19.5. The first-order valence-corrected chi connectivity index (χ1v) is 16.8. The number of nitrogens with one attached hydrogen (secondary N) is 1. The third-order valence-electron chi connectivity index (χ3n) is 9.31. The molecule has 5 rings (SSSR count). The van der Waals surface area contributed by atoms with Crippen molar-refractivity contribution in [2.24, 2.45) is 0 Å². The Morgan fingerprint density at radius 2 is 1.42 bits per heavy atom. The summed E-state index contributed by atoms with van der Waals surface area (Å²) in [5.74, 6) is -0.706. The first-order chi connectivity index (χ1) is 23.5. The minimum atomic E-state index is -6.00. The molecule has 0 bridgehead atoms. The highest BCUT2D eigenvalue weighted by molar-refractivity contribution is 6.50. The molecule has 0 saturated carbocycles. The first-order valence-electron chi connectivity index (χ1n) is 16.8. The van der Waals surface area contributed by atoms with Crippen molar-refractivity contribution in [1.82, 2.24) is 10.2 Å². The van der Waals surface area contributed by atoms with Crippen molar-refractivity contribution in [3.63, 3.8) is 0 Å². The number of unbranched alkanes of at least 4 members (excludes halogenated alkanes) is 2. The Labute approximate surface area is 291 Å². The SMILES string of the molecule is C[N+]1=C(/C=C/C=C/C=C2/N(CCCCCC(=O)NCCN3C(=O)C=CC3=O)c3ccccc3C2(C)C)C(C)(C)c2ccccc21.F[B-](F)(F)F. The van der Waals surface area contributed by atoms with Crippen LogP contribution in [0.5, 0.6) is 0 Å². The molecule has 3 aliphatic rings. The summed E-state index contributed by atoms with van der Waals surface area (Å²) in [6.07, 6.45) is 16.5. The molecule has 0 aromatic heterocycles. The number of allylic oxidation sites excluding steroid dienone is 6. The Hall–Kier alpha value is -4.74. The standard InChI is InChI=1S/C38H44N4O3.BF4/c1-37(2)28-16-11-13-18-30(28)40(5)32(37)20-8-6-9-21-33-38(3,4)29-17-12-14-19-31(29)41(33)26-15-7-10-22-34(43)39-25-27-42-35(44)23-24-36(42)45;2-1(3,4)5/h6,8-9,11-14,16-21,23-24H,7,10,15,22,25-27H2,1-5H3;/q;-1/p+1. The molecule has 12 heteroatoms. The van der Waals surface area contributed by atoms with Crippen LogP contribution < -0.4 is 10.2 Å². The van der Waals surface area contributed by atoms with Crippen molar-refractivity contribution in [2.45, 2.75) is 64.2 Å². The lowest BCUT2D eigenvalue weighted by Gasteiger charge is -2.27. The van der Waals surface area contributed by atoms with Gasteiger partial charge in [-0.15, -0.1) is 0 Å². The van der Waals surface area contributed by atoms with E-state index in [1.807, 2.05) is 0 Å². The van der Waals surface area contributed by atoms with Gasteiger partial charge in [0, 0.05) is 72.7 Å². The summed E-state index contributed by atoms with van der Waals surface area (Å²) in [7, 11) is -3.86. The van der Waals surface area contributed by atoms with Gasteiger partial charge in [0.1, 0.15) is 7.05 Å². The average molecular weight is 693 g/mol. The molecular weight excluding hydrogens is 647 g/mol. The van der Waals surface area contributed by atoms with Gasteiger partial charge in [-0.3, -0.25) is 19.3 Å². The summed E-state index contributed by atoms with van der Waals surface area (Å²) in [5, 5.41) is 2.83. The maximum atomic E-state index is 12.3. The summed E-state index contributed by atoms with van der Waals surface area (Å²) in [6, 6.07) is 17.3. The summed E-state index contributed by atoms with van der Waals surface area (Å²) in [4.78, 5) is 39.2. The van der Waals surface area contributed by atoms with E-state index in [-0.39, 0.29) is 41.6 Å². The maximum Gasteiger partial charge on any atom is 0.673 e. The van der Waals surface area contributed by atoms with Crippen LogP contribution in [0.25, 0.3) is 0 Å². The van der Waals surface area contributed by atoms with Gasteiger partial charge in [-0.2, -0.15) is 4.58 Å². The smallest absolute Gasteiger partial charge is 0.418 e. The number of rotatable bonds is 12. The minimum Gasteiger partial charge on any atom is -0.418 e. The monoisotopic (exact) mass is 692 g/mol. The minimum absolute atomic E-state index is 0.0487. The van der Waals surface area contributed by atoms with E-state index in [1.165, 1.54) is 46.1 Å². The molecule has 3 amide bonds. The molecule has 3 heterocycles. The van der Waals surface area contributed by atoms with Crippen LogP contribution in [-0.4, -0.2) is 66.8 Å². The summed E-state index contributed by atoms with van der Waals surface area (Å²) in [6.45, 7) is 10.5. The zero-order chi connectivity index (χ0) is 36.7. The van der Waals surface area contributed by atoms with Gasteiger partial charge >= 0.3 is 7.25 Å². The van der Waals surface area contributed by atoms with Gasteiger partial charge in [-0.1, -0.05) is 74.9 Å². The van der Waals surface area contributed by atoms with E-state index >= 15 is 0 Å². The molecule has 0 atom stereocenters. The molecule has 2 aromatic rings. The van der Waals surface area contributed by atoms with E-state index in [0.717, 1.165) is 30.7 Å². The van der Waals surface area contributed by atoms with Crippen molar-refractivity contribution in [2.75, 3.05) is 31.6 Å². The summed E-state index contributed by atoms with van der Waals surface area (Å²) >= 11 is 0. The van der Waals surface area contributed by atoms with Crippen LogP contribution in [-0.2, 0) is 25.2 Å². The number of carbonyl (C=O) groups is 3. The third kappa shape index (κ3) is 9.08. The molecule has 7 nitrogen and oxygen atoms in total. The Balaban J connectivity index is 0.00000105. The summed E-state index contributed by atoms with van der Waals surface area (Å²) in [5.41, 5.74) is 7.57. The largest absolute Gasteiger partial charge is 0.673 e. The molecule has 1 N–H and O–H groups in total. The highest BCUT2D eigenvalue weighted by Crippen LogP contribution is 2.47. The Kier molecular flexibility index (Phi) is 12.1. The number of hydrogen-bond acceptors (Lipinski definition) is 4. The van der Waals surface area contributed by atoms with E-state index in [0.29, 0.717) is 6.42 Å². The predicted molar refractivity (Wildman–Crippen MR) is 191 cm³/mol. The lowest BCUT2D eigenvalue weighted by atomic mass is 9.81. The molecule has 50 heavy (non-hydrogen) atoms. The molecule has 3 aliphatic heterocycles. The van der Waals surface area contributed by atoms with E-state index < -0.39 is 7.25 Å². The zero-order valence-corrected chi connectivity index (χ0v) is 29.3. The Morgan fingerprint density at radius 1 is 0.800 bits per heavy atom. The number of fused-ring (bicyclic) bond motifs is 2. The van der Waals surface area contributed by atoms with E-state index in [1.54, 1.807) is 0 Å². The highest BCUT2D eigenvalue weighted by Gasteiger charge is 2.42. The van der Waals surface area contributed by atoms with Gasteiger partial charge in [-0.25, -0.2) is 0 Å². The maximum absolute atomic E-state index is 12.3. The van der Waals surface area contributed by atoms with Crippen molar-refractivity contribution in [3.05, 3.63) is 108 Å². The molecule has 2 aromatic carbocycles. The fraction of sp³-hybridized carbons (Fsp3) is 0.368. The van der Waals surface area contributed by atoms with E-state index in [2.05, 4.69) is 128 Å². The van der Waals surface area contributed by atoms with Gasteiger partial charge in [0.05, 0.1) is 5.41 Å². The van der Waals surface area contributed by atoms with Crippen molar-refractivity contribution >= 4 is 42.1 Å². The quantitative estimate of drug-likeness (QED) is 0.0630. The van der Waals surface area contributed by atoms with Gasteiger partial charge in [0.25, 0.3) is 11.8 Å². The van der Waals surface area contributed by atoms with Crippen molar-refractivity contribution < 1.29 is 36.2 Å². The van der Waals surface area contributed by atoms with Crippen LogP contribution in [0.1, 0.15) is 64.5 Å². The Morgan fingerprint density at radius 3 is 2.08 bits per heavy atom. The molecular formula is C38H45BF4N4O3. The number of anilines is 1. The van der Waals surface area contributed by atoms with Crippen LogP contribution in [0.4, 0.5) is 28.6 Å². The number of halogens is 4. The molecule has 0 fully saturated rings. The van der Waals surface area contributed by atoms with Crippen LogP contribution in [0.15, 0.2) is 96.8 Å². The average Bonchev–Trinajstić information content (AvgIpc) is 3.55. The Bertz CT molecular complexity index is 1730. The molecule has 0 radical (unpaired) electrons. The molecule has 266 valence electrons. The van der Waals surface area contributed by atoms with Gasteiger partial charge in [0.15, 0.2) is 5.71 Å². The number of para-hydroxylation sites is 2. The normalized spacial score (nSPS) is 18.4. The second-order valence-corrected chi connectivity index (χ2v) is 13.5. The van der Waals surface area contributed by atoms with Crippen LogP contribution in [0, 0.1) is 0 Å². The predicted octanol–water partition coefficient (Wildman–Crippen LogP) is 7.39. The lowest BCUT2D eigenvalue weighted by molar-refractivity contribution is -0.401. The van der Waals surface area contributed by atoms with Gasteiger partial charge in [0.2, 0.25) is 11.6 Å². The second kappa shape index (κ2) is 15.9. The van der Waals surface area contributed by atoms with Crippen LogP contribution >= 0.6 is 0 Å². The topological polar surface area (TPSA) is 72.7 Å². The van der Waals surface area contributed by atoms with Crippen LogP contribution in [0.2, 0.25) is 0 Å². The van der Waals surface area contributed by atoms with Gasteiger partial charge < -0.3 is 27.5 Å². The fourth-order valence-electron chi connectivity index (χ4n) is 6.82. The first kappa shape index (κ1) is 38.1. The molecule has 0 unspecified atom stereocenters. The number of amides is 3. The van der Waals surface area contributed by atoms with E-state index in [4.69, 9.17) is 0 Å². The third-order valence-corrected chi connectivity index (χ3v) is 9.31. The van der Waals surface area contributed by atoms with Crippen molar-refractivity contribution in [3.8, 4) is 0 Å². The lowest BCUT2D eigenvalue weighted by Crippen LogP contribution is -2.38. The molecule has 0 saturated heterocycles. The molecule has 0 aliphatic carbocycles. The molecule has 0 spiro atoms. The second-order valence-electron chi connectivity index (χ2n) is 13.5. The van der Waals surface area contributed by atoms with Crippen molar-refractivity contribution in [1.29, 1.82) is 0 Å². The van der Waals surface area contributed by atoms with Crippen LogP contribution in [0.3, 0.4) is 0 Å². The van der Waals surface area contributed by atoms with E-state index in [9.17, 15) is 31.6 Å². The number of carbonyl (C=O) groups excluding carboxylic acids is 3. The number of hydrogen-bond donors (Lipinski definition) is 1. The number of nitrogens with zero attached hydrogens (tertiary/aromatic N) is 3. The number of benzene rings is 2. The van der Waals surface area contributed by atoms with Gasteiger partial charge in [-0.05, 0) is 44.4 Å². The fourth-order valence-corrected chi connectivity index (χ4v) is 6.82. The number of imide groups is 1.